The third-order valence-electron chi connectivity index (χ3n) is 2.42. The van der Waals surface area contributed by atoms with E-state index in [0.29, 0.717) is 10.8 Å². The molecule has 0 radical (unpaired) electrons. The molecule has 0 bridgehead atoms. The predicted molar refractivity (Wildman–Crippen MR) is 77.0 cm³/mol. The molecule has 1 aromatic carbocycles. The van der Waals surface area contributed by atoms with Crippen molar-refractivity contribution in [3.63, 3.8) is 0 Å². The van der Waals surface area contributed by atoms with Gasteiger partial charge in [-0.2, -0.15) is 10.4 Å². The number of rotatable bonds is 4. The molecule has 0 aliphatic heterocycles. The van der Waals surface area contributed by atoms with Crippen LogP contribution in [0, 0.1) is 11.3 Å². The highest BCUT2D eigenvalue weighted by atomic mass is 35.5. The van der Waals surface area contributed by atoms with E-state index in [2.05, 4.69) is 10.4 Å². The quantitative estimate of drug-likeness (QED) is 0.879. The van der Waals surface area contributed by atoms with Gasteiger partial charge in [0.15, 0.2) is 5.82 Å². The zero-order chi connectivity index (χ0) is 14.4. The van der Waals surface area contributed by atoms with Crippen LogP contribution in [0.3, 0.4) is 0 Å². The maximum Gasteiger partial charge on any atom is 0.249 e. The van der Waals surface area contributed by atoms with Crippen molar-refractivity contribution in [1.82, 2.24) is 9.78 Å². The third kappa shape index (κ3) is 3.97. The van der Waals surface area contributed by atoms with Gasteiger partial charge in [0.05, 0.1) is 6.07 Å². The maximum atomic E-state index is 11.7. The first-order chi connectivity index (χ1) is 9.67. The van der Waals surface area contributed by atoms with Gasteiger partial charge in [0.1, 0.15) is 6.54 Å². The van der Waals surface area contributed by atoms with Gasteiger partial charge < -0.3 is 5.32 Å². The summed E-state index contributed by atoms with van der Waals surface area (Å²) in [5.41, 5.74) is 0.875. The van der Waals surface area contributed by atoms with E-state index >= 15 is 0 Å². The molecule has 0 aliphatic carbocycles. The number of anilines is 1. The number of aromatic nitrogens is 2. The van der Waals surface area contributed by atoms with Crippen molar-refractivity contribution in [2.45, 2.75) is 6.54 Å². The second-order valence-corrected chi connectivity index (χ2v) is 4.37. The molecule has 0 saturated heterocycles. The monoisotopic (exact) mass is 286 g/mol. The number of carbonyl (C=O) groups excluding carboxylic acids is 1. The van der Waals surface area contributed by atoms with Gasteiger partial charge in [-0.1, -0.05) is 23.7 Å². The number of halogens is 1. The van der Waals surface area contributed by atoms with E-state index in [4.69, 9.17) is 16.9 Å². The molecule has 1 N–H and O–H groups in total. The van der Waals surface area contributed by atoms with E-state index in [-0.39, 0.29) is 12.5 Å². The van der Waals surface area contributed by atoms with Gasteiger partial charge in [0.2, 0.25) is 5.91 Å². The van der Waals surface area contributed by atoms with Crippen LogP contribution >= 0.6 is 11.6 Å². The lowest BCUT2D eigenvalue weighted by Gasteiger charge is -1.97. The molecule has 0 spiro atoms. The third-order valence-corrected chi connectivity index (χ3v) is 2.67. The van der Waals surface area contributed by atoms with Crippen LogP contribution in [0.25, 0.3) is 6.08 Å². The average Bonchev–Trinajstić information content (AvgIpc) is 2.86. The number of carbonyl (C=O) groups is 1. The molecule has 0 fully saturated rings. The fourth-order valence-corrected chi connectivity index (χ4v) is 1.63. The number of benzene rings is 1. The lowest BCUT2D eigenvalue weighted by atomic mass is 10.2. The number of hydrogen-bond acceptors (Lipinski definition) is 3. The molecule has 0 aliphatic rings. The van der Waals surface area contributed by atoms with Crippen LogP contribution in [-0.2, 0) is 11.3 Å². The number of amides is 1. The van der Waals surface area contributed by atoms with Crippen LogP contribution in [0.15, 0.2) is 42.6 Å². The van der Waals surface area contributed by atoms with Gasteiger partial charge in [-0.05, 0) is 23.8 Å². The molecule has 5 nitrogen and oxygen atoms in total. The van der Waals surface area contributed by atoms with Crippen molar-refractivity contribution in [3.05, 3.63) is 53.2 Å². The minimum atomic E-state index is -0.290. The Labute approximate surface area is 121 Å². The first-order valence-electron chi connectivity index (χ1n) is 5.82. The number of hydrogen-bond donors (Lipinski definition) is 1. The van der Waals surface area contributed by atoms with Crippen molar-refractivity contribution in [3.8, 4) is 6.07 Å². The summed E-state index contributed by atoms with van der Waals surface area (Å²) < 4.78 is 1.44. The molecule has 0 atom stereocenters. The fourth-order valence-electron chi connectivity index (χ4n) is 1.50. The van der Waals surface area contributed by atoms with Crippen LogP contribution in [0.1, 0.15) is 5.56 Å². The molecule has 1 aromatic heterocycles. The smallest absolute Gasteiger partial charge is 0.249 e. The summed E-state index contributed by atoms with van der Waals surface area (Å²) in [6.07, 6.45) is 4.71. The Balaban J connectivity index is 1.94. The topological polar surface area (TPSA) is 70.7 Å². The Morgan fingerprint density at radius 3 is 2.85 bits per heavy atom. The van der Waals surface area contributed by atoms with Gasteiger partial charge in [0.25, 0.3) is 0 Å². The van der Waals surface area contributed by atoms with Crippen LogP contribution < -0.4 is 5.32 Å². The maximum absolute atomic E-state index is 11.7. The van der Waals surface area contributed by atoms with Crippen molar-refractivity contribution in [1.29, 1.82) is 5.26 Å². The first-order valence-corrected chi connectivity index (χ1v) is 6.20. The van der Waals surface area contributed by atoms with Crippen molar-refractivity contribution in [2.75, 3.05) is 5.32 Å². The molecule has 0 saturated carbocycles. The summed E-state index contributed by atoms with van der Waals surface area (Å²) in [4.78, 5) is 11.7. The average molecular weight is 287 g/mol. The number of nitriles is 1. The minimum absolute atomic E-state index is 0.149. The minimum Gasteiger partial charge on any atom is -0.306 e. The zero-order valence-electron chi connectivity index (χ0n) is 10.5. The molecule has 100 valence electrons. The zero-order valence-corrected chi connectivity index (χ0v) is 11.2. The van der Waals surface area contributed by atoms with Crippen LogP contribution in [-0.4, -0.2) is 15.7 Å². The summed E-state index contributed by atoms with van der Waals surface area (Å²) in [6, 6.07) is 10.7. The van der Waals surface area contributed by atoms with E-state index in [1.807, 2.05) is 18.2 Å². The summed E-state index contributed by atoms with van der Waals surface area (Å²) in [5, 5.41) is 15.8. The van der Waals surface area contributed by atoms with Gasteiger partial charge >= 0.3 is 0 Å². The molecule has 2 aromatic rings. The van der Waals surface area contributed by atoms with E-state index in [1.165, 1.54) is 10.8 Å². The Morgan fingerprint density at radius 2 is 2.15 bits per heavy atom. The Morgan fingerprint density at radius 1 is 1.40 bits per heavy atom. The lowest BCUT2D eigenvalue weighted by Crippen LogP contribution is -2.09. The molecule has 2 rings (SSSR count). The van der Waals surface area contributed by atoms with Gasteiger partial charge in [-0.25, -0.2) is 0 Å². The van der Waals surface area contributed by atoms with E-state index in [0.717, 1.165) is 5.56 Å². The number of nitrogens with one attached hydrogen (secondary N) is 1. The van der Waals surface area contributed by atoms with Gasteiger partial charge in [-0.3, -0.25) is 9.48 Å². The van der Waals surface area contributed by atoms with Crippen molar-refractivity contribution in [2.24, 2.45) is 0 Å². The summed E-state index contributed by atoms with van der Waals surface area (Å²) >= 11 is 5.77. The second kappa shape index (κ2) is 6.55. The SMILES string of the molecule is N#CCn1ccc(NC(=O)/C=C/c2ccc(Cl)cc2)n1. The molecular weight excluding hydrogens is 276 g/mol. The van der Waals surface area contributed by atoms with E-state index < -0.39 is 0 Å². The molecule has 1 amide bonds. The summed E-state index contributed by atoms with van der Waals surface area (Å²) in [6.45, 7) is 0.149. The fraction of sp³-hybridized carbons (Fsp3) is 0.0714. The highest BCUT2D eigenvalue weighted by Gasteiger charge is 2.01. The standard InChI is InChI=1S/C14H11ClN4O/c15-12-4-1-11(2-5-12)3-6-14(20)17-13-7-9-19(18-13)10-8-16/h1-7,9H,10H2,(H,17,18,20)/b6-3+. The summed E-state index contributed by atoms with van der Waals surface area (Å²) in [5.74, 6) is 0.119. The van der Waals surface area contributed by atoms with Gasteiger partial charge in [0, 0.05) is 23.4 Å². The normalized spacial score (nSPS) is 10.4. The van der Waals surface area contributed by atoms with Crippen molar-refractivity contribution < 1.29 is 4.79 Å². The highest BCUT2D eigenvalue weighted by molar-refractivity contribution is 6.30. The molecule has 1 heterocycles. The Hall–Kier alpha value is -2.58. The van der Waals surface area contributed by atoms with E-state index in [1.54, 1.807) is 30.5 Å². The largest absolute Gasteiger partial charge is 0.306 e. The molecule has 6 heteroatoms. The Kier molecular flexibility index (Phi) is 4.53. The first kappa shape index (κ1) is 13.8. The van der Waals surface area contributed by atoms with Crippen molar-refractivity contribution >= 4 is 29.4 Å². The van der Waals surface area contributed by atoms with Crippen LogP contribution in [0.4, 0.5) is 5.82 Å². The lowest BCUT2D eigenvalue weighted by molar-refractivity contribution is -0.111. The highest BCUT2D eigenvalue weighted by Crippen LogP contribution is 2.10. The Bertz CT molecular complexity index is 667. The van der Waals surface area contributed by atoms with Crippen LogP contribution in [0.5, 0.6) is 0 Å². The second-order valence-electron chi connectivity index (χ2n) is 3.93. The summed E-state index contributed by atoms with van der Waals surface area (Å²) in [7, 11) is 0. The van der Waals surface area contributed by atoms with Gasteiger partial charge in [-0.15, -0.1) is 0 Å². The number of nitrogens with zero attached hydrogens (tertiary/aromatic N) is 3. The predicted octanol–water partition coefficient (Wildman–Crippen LogP) is 2.71. The van der Waals surface area contributed by atoms with Crippen LogP contribution in [0.2, 0.25) is 5.02 Å². The molecular formula is C14H11ClN4O. The molecule has 20 heavy (non-hydrogen) atoms. The molecule has 0 unspecified atom stereocenters. The van der Waals surface area contributed by atoms with E-state index in [9.17, 15) is 4.79 Å².